The SMILES string of the molecule is CC(C)(C)OC(=O)N[C@H]1CCCN(c2c([N+](=O)[O-])cnc3c2CCCN3)C1. The average molecular weight is 377 g/mol. The van der Waals surface area contributed by atoms with Gasteiger partial charge in [0.2, 0.25) is 0 Å². The summed E-state index contributed by atoms with van der Waals surface area (Å²) in [5.41, 5.74) is 0.990. The van der Waals surface area contributed by atoms with Crippen LogP contribution >= 0.6 is 0 Å². The zero-order valence-electron chi connectivity index (χ0n) is 16.1. The van der Waals surface area contributed by atoms with E-state index in [9.17, 15) is 14.9 Å². The van der Waals surface area contributed by atoms with E-state index in [2.05, 4.69) is 15.6 Å². The van der Waals surface area contributed by atoms with Crippen molar-refractivity contribution < 1.29 is 14.5 Å². The zero-order chi connectivity index (χ0) is 19.6. The molecular weight excluding hydrogens is 350 g/mol. The summed E-state index contributed by atoms with van der Waals surface area (Å²) in [7, 11) is 0. The first-order valence-corrected chi connectivity index (χ1v) is 9.39. The highest BCUT2D eigenvalue weighted by Gasteiger charge is 2.32. The second kappa shape index (κ2) is 7.58. The number of rotatable bonds is 3. The number of anilines is 2. The number of carbonyl (C=O) groups excluding carboxylic acids is 1. The lowest BCUT2D eigenvalue weighted by Gasteiger charge is -2.36. The number of ether oxygens (including phenoxy) is 1. The lowest BCUT2D eigenvalue weighted by atomic mass is 9.99. The Morgan fingerprint density at radius 2 is 2.22 bits per heavy atom. The number of nitrogens with one attached hydrogen (secondary N) is 2. The Balaban J connectivity index is 1.81. The van der Waals surface area contributed by atoms with Crippen LogP contribution in [-0.2, 0) is 11.2 Å². The first-order chi connectivity index (χ1) is 12.7. The van der Waals surface area contributed by atoms with Gasteiger partial charge in [-0.1, -0.05) is 0 Å². The molecule has 1 fully saturated rings. The lowest BCUT2D eigenvalue weighted by Crippen LogP contribution is -2.49. The summed E-state index contributed by atoms with van der Waals surface area (Å²) in [6, 6.07) is -0.117. The monoisotopic (exact) mass is 377 g/mol. The fourth-order valence-electron chi connectivity index (χ4n) is 3.65. The number of alkyl carbamates (subject to hydrolysis) is 1. The molecule has 1 aromatic rings. The number of amides is 1. The van der Waals surface area contributed by atoms with Crippen molar-refractivity contribution in [1.29, 1.82) is 0 Å². The van der Waals surface area contributed by atoms with Crippen molar-refractivity contribution in [2.75, 3.05) is 29.9 Å². The summed E-state index contributed by atoms with van der Waals surface area (Å²) in [6.07, 6.45) is 4.19. The van der Waals surface area contributed by atoms with Crippen molar-refractivity contribution in [3.05, 3.63) is 21.9 Å². The number of hydrogen-bond acceptors (Lipinski definition) is 7. The van der Waals surface area contributed by atoms with Gasteiger partial charge in [-0.25, -0.2) is 9.78 Å². The Kier molecular flexibility index (Phi) is 5.38. The molecule has 1 aromatic heterocycles. The van der Waals surface area contributed by atoms with Gasteiger partial charge in [-0.15, -0.1) is 0 Å². The van der Waals surface area contributed by atoms with E-state index < -0.39 is 11.7 Å². The molecule has 0 spiro atoms. The van der Waals surface area contributed by atoms with Crippen LogP contribution in [0.4, 0.5) is 22.0 Å². The summed E-state index contributed by atoms with van der Waals surface area (Å²) < 4.78 is 5.34. The maximum absolute atomic E-state index is 12.1. The van der Waals surface area contributed by atoms with E-state index in [0.717, 1.165) is 43.6 Å². The van der Waals surface area contributed by atoms with E-state index in [-0.39, 0.29) is 16.7 Å². The van der Waals surface area contributed by atoms with Crippen LogP contribution < -0.4 is 15.5 Å². The summed E-state index contributed by atoms with van der Waals surface area (Å²) in [4.78, 5) is 29.6. The van der Waals surface area contributed by atoms with Crippen molar-refractivity contribution in [1.82, 2.24) is 10.3 Å². The van der Waals surface area contributed by atoms with E-state index in [0.29, 0.717) is 18.8 Å². The van der Waals surface area contributed by atoms with Crippen LogP contribution in [-0.4, -0.2) is 47.3 Å². The Morgan fingerprint density at radius 3 is 2.93 bits per heavy atom. The normalized spacial score (nSPS) is 19.7. The number of nitrogens with zero attached hydrogens (tertiary/aromatic N) is 3. The van der Waals surface area contributed by atoms with Gasteiger partial charge in [0.25, 0.3) is 0 Å². The molecule has 0 saturated carbocycles. The highest BCUT2D eigenvalue weighted by atomic mass is 16.6. The summed E-state index contributed by atoms with van der Waals surface area (Å²) in [5, 5.41) is 17.7. The maximum Gasteiger partial charge on any atom is 0.407 e. The van der Waals surface area contributed by atoms with Crippen molar-refractivity contribution in [3.63, 3.8) is 0 Å². The van der Waals surface area contributed by atoms with Crippen LogP contribution in [0.25, 0.3) is 0 Å². The first kappa shape index (κ1) is 19.2. The number of hydrogen-bond donors (Lipinski definition) is 2. The number of fused-ring (bicyclic) bond motifs is 1. The smallest absolute Gasteiger partial charge is 0.407 e. The van der Waals surface area contributed by atoms with Gasteiger partial charge in [0.1, 0.15) is 23.3 Å². The third-order valence-corrected chi connectivity index (χ3v) is 4.68. The summed E-state index contributed by atoms with van der Waals surface area (Å²) in [5.74, 6) is 0.726. The van der Waals surface area contributed by atoms with E-state index in [1.165, 1.54) is 6.20 Å². The molecule has 2 aliphatic rings. The highest BCUT2D eigenvalue weighted by molar-refractivity contribution is 5.74. The fourth-order valence-corrected chi connectivity index (χ4v) is 3.65. The quantitative estimate of drug-likeness (QED) is 0.615. The first-order valence-electron chi connectivity index (χ1n) is 9.39. The zero-order valence-corrected chi connectivity index (χ0v) is 16.1. The van der Waals surface area contributed by atoms with Crippen LogP contribution in [0.5, 0.6) is 0 Å². The molecule has 0 unspecified atom stereocenters. The van der Waals surface area contributed by atoms with E-state index >= 15 is 0 Å². The van der Waals surface area contributed by atoms with Gasteiger partial charge in [0.15, 0.2) is 0 Å². The molecule has 1 atom stereocenters. The van der Waals surface area contributed by atoms with E-state index in [4.69, 9.17) is 4.74 Å². The van der Waals surface area contributed by atoms with Crippen LogP contribution in [0, 0.1) is 10.1 Å². The van der Waals surface area contributed by atoms with Gasteiger partial charge in [-0.2, -0.15) is 0 Å². The molecule has 2 aliphatic heterocycles. The standard InChI is InChI=1S/C18H27N5O4/c1-18(2,3)27-17(24)21-12-6-5-9-22(11-12)15-13-7-4-8-19-16(13)20-10-14(15)23(25)26/h10,12H,4-9,11H2,1-3H3,(H,19,20)(H,21,24)/t12-/m0/s1. The van der Waals surface area contributed by atoms with Crippen molar-refractivity contribution in [2.24, 2.45) is 0 Å². The van der Waals surface area contributed by atoms with Gasteiger partial charge in [0.05, 0.1) is 4.92 Å². The molecular formula is C18H27N5O4. The van der Waals surface area contributed by atoms with E-state index in [1.54, 1.807) is 0 Å². The molecule has 3 heterocycles. The van der Waals surface area contributed by atoms with Gasteiger partial charge in [-0.05, 0) is 46.5 Å². The Labute approximate surface area is 158 Å². The molecule has 0 aromatic carbocycles. The molecule has 148 valence electrons. The number of aromatic nitrogens is 1. The average Bonchev–Trinajstić information content (AvgIpc) is 2.59. The molecule has 2 N–H and O–H groups in total. The van der Waals surface area contributed by atoms with Crippen LogP contribution in [0.2, 0.25) is 0 Å². The van der Waals surface area contributed by atoms with Gasteiger partial charge in [0, 0.05) is 31.2 Å². The maximum atomic E-state index is 12.1. The van der Waals surface area contributed by atoms with Crippen LogP contribution in [0.3, 0.4) is 0 Å². The third-order valence-electron chi connectivity index (χ3n) is 4.68. The Hall–Kier alpha value is -2.58. The van der Waals surface area contributed by atoms with Crippen LogP contribution in [0.1, 0.15) is 45.6 Å². The summed E-state index contributed by atoms with van der Waals surface area (Å²) >= 11 is 0. The van der Waals surface area contributed by atoms with Gasteiger partial charge in [-0.3, -0.25) is 10.1 Å². The van der Waals surface area contributed by atoms with Crippen LogP contribution in [0.15, 0.2) is 6.20 Å². The summed E-state index contributed by atoms with van der Waals surface area (Å²) in [6.45, 7) is 7.50. The minimum absolute atomic E-state index is 0.0235. The number of nitro groups is 1. The number of carbonyl (C=O) groups is 1. The molecule has 27 heavy (non-hydrogen) atoms. The predicted octanol–water partition coefficient (Wildman–Crippen LogP) is 2.84. The molecule has 3 rings (SSSR count). The lowest BCUT2D eigenvalue weighted by molar-refractivity contribution is -0.384. The molecule has 0 aliphatic carbocycles. The molecule has 9 nitrogen and oxygen atoms in total. The fraction of sp³-hybridized carbons (Fsp3) is 0.667. The molecule has 0 bridgehead atoms. The highest BCUT2D eigenvalue weighted by Crippen LogP contribution is 2.38. The molecule has 1 saturated heterocycles. The minimum Gasteiger partial charge on any atom is -0.444 e. The number of piperidine rings is 1. The van der Waals surface area contributed by atoms with Crippen molar-refractivity contribution in [3.8, 4) is 0 Å². The second-order valence-electron chi connectivity index (χ2n) is 8.04. The van der Waals surface area contributed by atoms with Gasteiger partial charge >= 0.3 is 11.8 Å². The minimum atomic E-state index is -0.562. The molecule has 0 radical (unpaired) electrons. The van der Waals surface area contributed by atoms with E-state index in [1.807, 2.05) is 25.7 Å². The molecule has 9 heteroatoms. The predicted molar refractivity (Wildman–Crippen MR) is 102 cm³/mol. The topological polar surface area (TPSA) is 110 Å². The second-order valence-corrected chi connectivity index (χ2v) is 8.04. The molecule has 1 amide bonds. The Bertz CT molecular complexity index is 731. The van der Waals surface area contributed by atoms with Gasteiger partial charge < -0.3 is 20.3 Å². The van der Waals surface area contributed by atoms with Crippen molar-refractivity contribution in [2.45, 2.75) is 58.1 Å². The third kappa shape index (κ3) is 4.58. The largest absolute Gasteiger partial charge is 0.444 e. The van der Waals surface area contributed by atoms with Crippen molar-refractivity contribution >= 4 is 23.3 Å². The Morgan fingerprint density at radius 1 is 1.44 bits per heavy atom. The number of pyridine rings is 1.